The summed E-state index contributed by atoms with van der Waals surface area (Å²) in [4.78, 5) is 22.4. The molecule has 1 aromatic carbocycles. The molecule has 1 aromatic heterocycles. The van der Waals surface area contributed by atoms with Crippen molar-refractivity contribution in [3.63, 3.8) is 0 Å². The summed E-state index contributed by atoms with van der Waals surface area (Å²) in [6, 6.07) is 9.66. The van der Waals surface area contributed by atoms with Crippen molar-refractivity contribution in [3.05, 3.63) is 58.9 Å². The fourth-order valence-corrected chi connectivity index (χ4v) is 2.83. The molecule has 0 fully saturated rings. The minimum Gasteiger partial charge on any atom is -0.481 e. The molecule has 2 aromatic rings. The molecule has 0 radical (unpaired) electrons. The second kappa shape index (κ2) is 11.3. The van der Waals surface area contributed by atoms with Crippen molar-refractivity contribution in [2.45, 2.75) is 59.3 Å². The van der Waals surface area contributed by atoms with Gasteiger partial charge in [-0.3, -0.25) is 9.59 Å². The molecule has 1 N–H and O–H groups in total. The van der Waals surface area contributed by atoms with E-state index < -0.39 is 5.97 Å². The van der Waals surface area contributed by atoms with E-state index >= 15 is 0 Å². The van der Waals surface area contributed by atoms with Gasteiger partial charge in [-0.25, -0.2) is 0 Å². The zero-order valence-electron chi connectivity index (χ0n) is 16.4. The zero-order valence-corrected chi connectivity index (χ0v) is 16.4. The third-order valence-corrected chi connectivity index (χ3v) is 4.37. The van der Waals surface area contributed by atoms with Crippen LogP contribution in [0.2, 0.25) is 0 Å². The third-order valence-electron chi connectivity index (χ3n) is 4.37. The number of unbranched alkanes of at least 4 members (excludes halogenated alkanes) is 4. The van der Waals surface area contributed by atoms with Gasteiger partial charge >= 0.3 is 5.97 Å². The molecule has 0 atom stereocenters. The van der Waals surface area contributed by atoms with Crippen molar-refractivity contribution in [3.8, 4) is 0 Å². The maximum absolute atomic E-state index is 12.3. The van der Waals surface area contributed by atoms with Crippen molar-refractivity contribution < 1.29 is 14.7 Å². The number of aryl methyl sites for hydroxylation is 3. The molecule has 0 saturated carbocycles. The highest BCUT2D eigenvalue weighted by molar-refractivity contribution is 6.09. The predicted octanol–water partition coefficient (Wildman–Crippen LogP) is 5.30. The van der Waals surface area contributed by atoms with Gasteiger partial charge in [-0.2, -0.15) is 0 Å². The quantitative estimate of drug-likeness (QED) is 0.515. The SMILES string of the molecule is CCCCCCCC(=O)O.Cc1ccccc1C(=O)c1c(C)ccn1C. The lowest BCUT2D eigenvalue weighted by atomic mass is 10.0. The molecule has 2 rings (SSSR count). The van der Waals surface area contributed by atoms with Crippen LogP contribution >= 0.6 is 0 Å². The second-order valence-electron chi connectivity index (χ2n) is 6.66. The molecule has 0 saturated heterocycles. The molecular weight excluding hydrogens is 326 g/mol. The number of carbonyl (C=O) groups excluding carboxylic acids is 1. The Morgan fingerprint density at radius 1 is 0.962 bits per heavy atom. The molecule has 26 heavy (non-hydrogen) atoms. The van der Waals surface area contributed by atoms with Crippen LogP contribution < -0.4 is 0 Å². The van der Waals surface area contributed by atoms with Crippen LogP contribution in [0.5, 0.6) is 0 Å². The number of nitrogens with zero attached hydrogens (tertiary/aromatic N) is 1. The summed E-state index contributed by atoms with van der Waals surface area (Å²) in [6.45, 7) is 6.08. The number of hydrogen-bond acceptors (Lipinski definition) is 2. The summed E-state index contributed by atoms with van der Waals surface area (Å²) in [7, 11) is 1.90. The Labute approximate surface area is 156 Å². The summed E-state index contributed by atoms with van der Waals surface area (Å²) in [5.41, 5.74) is 3.60. The lowest BCUT2D eigenvalue weighted by molar-refractivity contribution is -0.137. The van der Waals surface area contributed by atoms with E-state index in [1.165, 1.54) is 19.3 Å². The predicted molar refractivity (Wildman–Crippen MR) is 106 cm³/mol. The van der Waals surface area contributed by atoms with E-state index in [0.717, 1.165) is 35.2 Å². The summed E-state index contributed by atoms with van der Waals surface area (Å²) in [6.07, 6.45) is 7.80. The molecule has 0 bridgehead atoms. The molecule has 142 valence electrons. The fourth-order valence-electron chi connectivity index (χ4n) is 2.83. The number of rotatable bonds is 8. The van der Waals surface area contributed by atoms with E-state index in [-0.39, 0.29) is 5.78 Å². The molecule has 0 aliphatic carbocycles. The highest BCUT2D eigenvalue weighted by atomic mass is 16.4. The molecular formula is C22H31NO3. The fraction of sp³-hybridized carbons (Fsp3) is 0.455. The van der Waals surface area contributed by atoms with Crippen LogP contribution in [0.3, 0.4) is 0 Å². The van der Waals surface area contributed by atoms with Crippen molar-refractivity contribution in [1.82, 2.24) is 4.57 Å². The van der Waals surface area contributed by atoms with Gasteiger partial charge in [-0.1, -0.05) is 56.9 Å². The van der Waals surface area contributed by atoms with Gasteiger partial charge in [0.25, 0.3) is 0 Å². The van der Waals surface area contributed by atoms with E-state index in [1.807, 2.05) is 62.0 Å². The summed E-state index contributed by atoms with van der Waals surface area (Å²) in [5, 5.41) is 8.27. The first-order chi connectivity index (χ1) is 12.4. The van der Waals surface area contributed by atoms with Gasteiger partial charge in [0.1, 0.15) is 0 Å². The molecule has 1 heterocycles. The third kappa shape index (κ3) is 6.87. The van der Waals surface area contributed by atoms with Crippen LogP contribution in [-0.2, 0) is 11.8 Å². The molecule has 0 unspecified atom stereocenters. The van der Waals surface area contributed by atoms with Crippen LogP contribution in [0.4, 0.5) is 0 Å². The molecule has 4 heteroatoms. The number of carboxylic acids is 1. The van der Waals surface area contributed by atoms with Gasteiger partial charge in [0.15, 0.2) is 0 Å². The Kier molecular flexibility index (Phi) is 9.42. The lowest BCUT2D eigenvalue weighted by Crippen LogP contribution is -2.09. The number of ketones is 1. The largest absolute Gasteiger partial charge is 0.481 e. The van der Waals surface area contributed by atoms with E-state index in [1.54, 1.807) is 0 Å². The minimum atomic E-state index is -0.670. The van der Waals surface area contributed by atoms with Crippen molar-refractivity contribution in [2.75, 3.05) is 0 Å². The van der Waals surface area contributed by atoms with Gasteiger partial charge < -0.3 is 9.67 Å². The monoisotopic (exact) mass is 357 g/mol. The molecule has 0 aliphatic heterocycles. The normalized spacial score (nSPS) is 10.2. The molecule has 4 nitrogen and oxygen atoms in total. The van der Waals surface area contributed by atoms with Crippen LogP contribution in [0.25, 0.3) is 0 Å². The summed E-state index contributed by atoms with van der Waals surface area (Å²) >= 11 is 0. The van der Waals surface area contributed by atoms with E-state index in [0.29, 0.717) is 6.42 Å². The number of carboxylic acid groups (broad SMARTS) is 1. The minimum absolute atomic E-state index is 0.100. The van der Waals surface area contributed by atoms with Gasteiger partial charge in [0.2, 0.25) is 5.78 Å². The van der Waals surface area contributed by atoms with Crippen molar-refractivity contribution in [2.24, 2.45) is 7.05 Å². The Balaban J connectivity index is 0.000000294. The van der Waals surface area contributed by atoms with Gasteiger partial charge in [-0.05, 0) is 37.5 Å². The van der Waals surface area contributed by atoms with Crippen LogP contribution in [-0.4, -0.2) is 21.4 Å². The second-order valence-corrected chi connectivity index (χ2v) is 6.66. The number of carbonyl (C=O) groups is 2. The molecule has 0 spiro atoms. The van der Waals surface area contributed by atoms with Crippen LogP contribution in [0.15, 0.2) is 36.5 Å². The summed E-state index contributed by atoms with van der Waals surface area (Å²) < 4.78 is 1.88. The topological polar surface area (TPSA) is 59.3 Å². The maximum Gasteiger partial charge on any atom is 0.303 e. The number of benzene rings is 1. The number of aromatic nitrogens is 1. The van der Waals surface area contributed by atoms with Crippen molar-refractivity contribution in [1.29, 1.82) is 0 Å². The first-order valence-electron chi connectivity index (χ1n) is 9.32. The first-order valence-corrected chi connectivity index (χ1v) is 9.32. The zero-order chi connectivity index (χ0) is 19.5. The van der Waals surface area contributed by atoms with E-state index in [2.05, 4.69) is 6.92 Å². The molecule has 0 amide bonds. The average molecular weight is 357 g/mol. The Bertz CT molecular complexity index is 696. The highest BCUT2D eigenvalue weighted by Gasteiger charge is 2.16. The lowest BCUT2D eigenvalue weighted by Gasteiger charge is -2.07. The Morgan fingerprint density at radius 3 is 2.15 bits per heavy atom. The summed E-state index contributed by atoms with van der Waals surface area (Å²) in [5.74, 6) is -0.570. The maximum atomic E-state index is 12.3. The standard InChI is InChI=1S/C14H15NO.C8H16O2/c1-10-6-4-5-7-12(10)14(16)13-11(2)8-9-15(13)3;1-2-3-4-5-6-7-8(9)10/h4-9H,1-3H3;2-7H2,1H3,(H,9,10). The van der Waals surface area contributed by atoms with Gasteiger partial charge in [0, 0.05) is 25.2 Å². The van der Waals surface area contributed by atoms with Crippen LogP contribution in [0.1, 0.15) is 72.6 Å². The Hall–Kier alpha value is -2.36. The van der Waals surface area contributed by atoms with Crippen LogP contribution in [0, 0.1) is 13.8 Å². The highest BCUT2D eigenvalue weighted by Crippen LogP contribution is 2.17. The van der Waals surface area contributed by atoms with Crippen molar-refractivity contribution >= 4 is 11.8 Å². The van der Waals surface area contributed by atoms with Gasteiger partial charge in [0.05, 0.1) is 5.69 Å². The number of aliphatic carboxylic acids is 1. The van der Waals surface area contributed by atoms with E-state index in [4.69, 9.17) is 5.11 Å². The van der Waals surface area contributed by atoms with E-state index in [9.17, 15) is 9.59 Å². The first kappa shape index (κ1) is 21.7. The molecule has 0 aliphatic rings. The van der Waals surface area contributed by atoms with Gasteiger partial charge in [-0.15, -0.1) is 0 Å². The number of hydrogen-bond donors (Lipinski definition) is 1. The average Bonchev–Trinajstić information content (AvgIpc) is 2.93. The Morgan fingerprint density at radius 2 is 1.62 bits per heavy atom. The smallest absolute Gasteiger partial charge is 0.303 e.